The molecule has 1 rings (SSSR count). The van der Waals surface area contributed by atoms with Gasteiger partial charge >= 0.3 is 0 Å². The molecule has 0 aliphatic rings. The van der Waals surface area contributed by atoms with E-state index in [1.54, 1.807) is 24.3 Å². The lowest BCUT2D eigenvalue weighted by Gasteiger charge is -2.15. The van der Waals surface area contributed by atoms with Crippen molar-refractivity contribution in [2.45, 2.75) is 44.1 Å². The van der Waals surface area contributed by atoms with E-state index in [0.717, 1.165) is 13.1 Å². The van der Waals surface area contributed by atoms with Gasteiger partial charge in [0.25, 0.3) is 0 Å². The highest BCUT2D eigenvalue weighted by Gasteiger charge is 2.08. The summed E-state index contributed by atoms with van der Waals surface area (Å²) in [6.07, 6.45) is 4.91. The fraction of sp³-hybridized carbons (Fsp3) is 0.600. The molecule has 0 radical (unpaired) electrons. The number of benzene rings is 1. The largest absolute Gasteiger partial charge is 0.489 e. The van der Waals surface area contributed by atoms with Crippen LogP contribution < -0.4 is 10.1 Å². The Morgan fingerprint density at radius 3 is 2.40 bits per heavy atom. The molecule has 0 amide bonds. The van der Waals surface area contributed by atoms with E-state index < -0.39 is 9.84 Å². The van der Waals surface area contributed by atoms with E-state index in [2.05, 4.69) is 12.2 Å². The first-order chi connectivity index (χ1) is 9.43. The van der Waals surface area contributed by atoms with E-state index in [1.807, 2.05) is 6.92 Å². The number of ether oxygens (including phenoxy) is 1. The maximum Gasteiger partial charge on any atom is 0.175 e. The molecule has 0 aliphatic heterocycles. The molecule has 20 heavy (non-hydrogen) atoms. The highest BCUT2D eigenvalue weighted by atomic mass is 32.2. The van der Waals surface area contributed by atoms with Crippen molar-refractivity contribution in [2.75, 3.05) is 19.3 Å². The first kappa shape index (κ1) is 17.0. The Morgan fingerprint density at radius 1 is 1.20 bits per heavy atom. The molecule has 1 unspecified atom stereocenters. The van der Waals surface area contributed by atoms with Crippen LogP contribution in [0.1, 0.15) is 33.1 Å². The van der Waals surface area contributed by atoms with E-state index in [1.165, 1.54) is 25.5 Å². The first-order valence-electron chi connectivity index (χ1n) is 7.11. The standard InChI is InChI=1S/C15H25NO3S/c1-4-5-6-11-16-12-13(2)19-14-7-9-15(10-8-14)20(3,17)18/h7-10,13,16H,4-6,11-12H2,1-3H3. The molecule has 0 heterocycles. The van der Waals surface area contributed by atoms with Crippen molar-refractivity contribution in [1.29, 1.82) is 0 Å². The molecule has 0 saturated carbocycles. The van der Waals surface area contributed by atoms with Gasteiger partial charge in [-0.3, -0.25) is 0 Å². The lowest BCUT2D eigenvalue weighted by atomic mass is 10.2. The minimum atomic E-state index is -3.14. The number of hydrogen-bond acceptors (Lipinski definition) is 4. The normalized spacial score (nSPS) is 13.2. The van der Waals surface area contributed by atoms with Crippen molar-refractivity contribution >= 4 is 9.84 Å². The van der Waals surface area contributed by atoms with Gasteiger partial charge in [-0.15, -0.1) is 0 Å². The predicted molar refractivity (Wildman–Crippen MR) is 82.0 cm³/mol. The van der Waals surface area contributed by atoms with E-state index in [4.69, 9.17) is 4.74 Å². The third kappa shape index (κ3) is 6.39. The van der Waals surface area contributed by atoms with Gasteiger partial charge in [0.05, 0.1) is 4.90 Å². The average Bonchev–Trinajstić information content (AvgIpc) is 2.38. The summed E-state index contributed by atoms with van der Waals surface area (Å²) in [6, 6.07) is 6.55. The summed E-state index contributed by atoms with van der Waals surface area (Å²) in [4.78, 5) is 0.315. The zero-order valence-corrected chi connectivity index (χ0v) is 13.4. The Balaban J connectivity index is 2.37. The van der Waals surface area contributed by atoms with Gasteiger partial charge < -0.3 is 10.1 Å². The van der Waals surface area contributed by atoms with E-state index >= 15 is 0 Å². The van der Waals surface area contributed by atoms with Crippen LogP contribution in [0.4, 0.5) is 0 Å². The fourth-order valence-electron chi connectivity index (χ4n) is 1.84. The summed E-state index contributed by atoms with van der Waals surface area (Å²) < 4.78 is 28.4. The maximum absolute atomic E-state index is 11.3. The maximum atomic E-state index is 11.3. The SMILES string of the molecule is CCCCCNCC(C)Oc1ccc(S(C)(=O)=O)cc1. The molecule has 1 N–H and O–H groups in total. The number of nitrogens with one attached hydrogen (secondary N) is 1. The van der Waals surface area contributed by atoms with Crippen LogP contribution in [0, 0.1) is 0 Å². The first-order valence-corrected chi connectivity index (χ1v) is 9.00. The molecule has 1 atom stereocenters. The molecule has 0 bridgehead atoms. The summed E-state index contributed by atoms with van der Waals surface area (Å²) in [5.41, 5.74) is 0. The fourth-order valence-corrected chi connectivity index (χ4v) is 2.48. The topological polar surface area (TPSA) is 55.4 Å². The minimum absolute atomic E-state index is 0.0562. The Bertz CT molecular complexity index is 482. The van der Waals surface area contributed by atoms with E-state index in [9.17, 15) is 8.42 Å². The lowest BCUT2D eigenvalue weighted by Crippen LogP contribution is -2.29. The molecule has 1 aromatic rings. The molecule has 0 saturated heterocycles. The van der Waals surface area contributed by atoms with Gasteiger partial charge in [-0.2, -0.15) is 0 Å². The summed E-state index contributed by atoms with van der Waals surface area (Å²) in [7, 11) is -3.14. The molecular formula is C15H25NO3S. The molecule has 0 aliphatic carbocycles. The van der Waals surface area contributed by atoms with Crippen molar-refractivity contribution in [1.82, 2.24) is 5.32 Å². The van der Waals surface area contributed by atoms with Crippen molar-refractivity contribution < 1.29 is 13.2 Å². The van der Waals surface area contributed by atoms with Gasteiger partial charge in [-0.1, -0.05) is 19.8 Å². The smallest absolute Gasteiger partial charge is 0.175 e. The van der Waals surface area contributed by atoms with Gasteiger partial charge in [-0.25, -0.2) is 8.42 Å². The lowest BCUT2D eigenvalue weighted by molar-refractivity contribution is 0.217. The minimum Gasteiger partial charge on any atom is -0.489 e. The zero-order chi connectivity index (χ0) is 15.0. The van der Waals surface area contributed by atoms with Gasteiger partial charge in [-0.05, 0) is 44.2 Å². The second-order valence-electron chi connectivity index (χ2n) is 5.08. The highest BCUT2D eigenvalue weighted by Crippen LogP contribution is 2.16. The van der Waals surface area contributed by atoms with Crippen LogP contribution >= 0.6 is 0 Å². The Morgan fingerprint density at radius 2 is 1.85 bits per heavy atom. The molecule has 5 heteroatoms. The molecule has 1 aromatic carbocycles. The Hall–Kier alpha value is -1.07. The zero-order valence-electron chi connectivity index (χ0n) is 12.6. The highest BCUT2D eigenvalue weighted by molar-refractivity contribution is 7.90. The van der Waals surface area contributed by atoms with Crippen LogP contribution in [-0.2, 0) is 9.84 Å². The van der Waals surface area contributed by atoms with Crippen LogP contribution in [0.15, 0.2) is 29.2 Å². The molecule has 0 fully saturated rings. The second-order valence-corrected chi connectivity index (χ2v) is 7.10. The predicted octanol–water partition coefficient (Wildman–Crippen LogP) is 2.64. The number of sulfone groups is 1. The van der Waals surface area contributed by atoms with Gasteiger partial charge in [0, 0.05) is 12.8 Å². The second kappa shape index (κ2) is 8.27. The van der Waals surface area contributed by atoms with Gasteiger partial charge in [0.2, 0.25) is 0 Å². The van der Waals surface area contributed by atoms with Crippen molar-refractivity contribution in [3.05, 3.63) is 24.3 Å². The Kier molecular flexibility index (Phi) is 7.02. The van der Waals surface area contributed by atoms with Gasteiger partial charge in [0.15, 0.2) is 9.84 Å². The monoisotopic (exact) mass is 299 g/mol. The molecule has 0 spiro atoms. The summed E-state index contributed by atoms with van der Waals surface area (Å²) in [5, 5.41) is 3.35. The third-order valence-corrected chi connectivity index (χ3v) is 4.11. The molecule has 0 aromatic heterocycles. The van der Waals surface area contributed by atoms with Crippen LogP contribution in [0.3, 0.4) is 0 Å². The van der Waals surface area contributed by atoms with Crippen LogP contribution in [0.25, 0.3) is 0 Å². The van der Waals surface area contributed by atoms with Crippen molar-refractivity contribution in [3.8, 4) is 5.75 Å². The summed E-state index contributed by atoms with van der Waals surface area (Å²) >= 11 is 0. The average molecular weight is 299 g/mol. The van der Waals surface area contributed by atoms with Crippen LogP contribution in [0.2, 0.25) is 0 Å². The molecule has 114 valence electrons. The summed E-state index contributed by atoms with van der Waals surface area (Å²) in [6.45, 7) is 5.98. The molecular weight excluding hydrogens is 274 g/mol. The summed E-state index contributed by atoms with van der Waals surface area (Å²) in [5.74, 6) is 0.695. The third-order valence-electron chi connectivity index (χ3n) is 2.98. The van der Waals surface area contributed by atoms with E-state index in [-0.39, 0.29) is 6.10 Å². The van der Waals surface area contributed by atoms with Crippen LogP contribution in [-0.4, -0.2) is 33.9 Å². The van der Waals surface area contributed by atoms with Crippen molar-refractivity contribution in [3.63, 3.8) is 0 Å². The van der Waals surface area contributed by atoms with Crippen molar-refractivity contribution in [2.24, 2.45) is 0 Å². The Labute approximate surface area is 122 Å². The number of rotatable bonds is 9. The molecule has 4 nitrogen and oxygen atoms in total. The number of unbranched alkanes of at least 4 members (excludes halogenated alkanes) is 2. The quantitative estimate of drug-likeness (QED) is 0.712. The van der Waals surface area contributed by atoms with Gasteiger partial charge in [0.1, 0.15) is 11.9 Å². The van der Waals surface area contributed by atoms with E-state index in [0.29, 0.717) is 10.6 Å². The van der Waals surface area contributed by atoms with Crippen LogP contribution in [0.5, 0.6) is 5.75 Å². The number of hydrogen-bond donors (Lipinski definition) is 1.